The van der Waals surface area contributed by atoms with Gasteiger partial charge in [0, 0.05) is 26.2 Å². The summed E-state index contributed by atoms with van der Waals surface area (Å²) in [5, 5.41) is 0. The second kappa shape index (κ2) is 3.97. The number of nitrogens with zero attached hydrogens (tertiary/aromatic N) is 1. The summed E-state index contributed by atoms with van der Waals surface area (Å²) >= 11 is 0. The molecule has 1 aliphatic heterocycles. The van der Waals surface area contributed by atoms with Crippen LogP contribution in [0, 0.1) is 5.92 Å². The van der Waals surface area contributed by atoms with Gasteiger partial charge in [-0.3, -0.25) is 4.90 Å². The molecule has 1 aliphatic carbocycles. The van der Waals surface area contributed by atoms with Crippen molar-refractivity contribution in [3.63, 3.8) is 0 Å². The zero-order chi connectivity index (χ0) is 9.26. The van der Waals surface area contributed by atoms with Gasteiger partial charge in [-0.25, -0.2) is 0 Å². The Labute approximate surface area is 81.3 Å². The number of hydrogen-bond donors (Lipinski definition) is 0. The highest BCUT2D eigenvalue weighted by atomic mass is 16.5. The monoisotopic (exact) mass is 183 g/mol. The van der Waals surface area contributed by atoms with Crippen LogP contribution in [0.4, 0.5) is 0 Å². The van der Waals surface area contributed by atoms with Gasteiger partial charge >= 0.3 is 0 Å². The number of hydrogen-bond acceptors (Lipinski definition) is 2. The summed E-state index contributed by atoms with van der Waals surface area (Å²) in [5.74, 6) is 0.968. The average Bonchev–Trinajstić information content (AvgIpc) is 2.06. The molecule has 0 N–H and O–H groups in total. The summed E-state index contributed by atoms with van der Waals surface area (Å²) in [6, 6.07) is 0.877. The second-order valence-electron chi connectivity index (χ2n) is 4.73. The predicted octanol–water partition coefficient (Wildman–Crippen LogP) is 1.90. The molecule has 2 fully saturated rings. The zero-order valence-corrected chi connectivity index (χ0v) is 8.83. The lowest BCUT2D eigenvalue weighted by atomic mass is 9.85. The SMILES string of the molecule is COC1CN([C@H]2CC[C@@H](C)CC2)C1. The molecule has 0 atom stereocenters. The summed E-state index contributed by atoms with van der Waals surface area (Å²) in [6.45, 7) is 4.73. The minimum absolute atomic E-state index is 0.527. The topological polar surface area (TPSA) is 12.5 Å². The Kier molecular flexibility index (Phi) is 2.89. The highest BCUT2D eigenvalue weighted by Gasteiger charge is 2.33. The largest absolute Gasteiger partial charge is 0.379 e. The Hall–Kier alpha value is -0.0800. The highest BCUT2D eigenvalue weighted by Crippen LogP contribution is 2.29. The van der Waals surface area contributed by atoms with Crippen LogP contribution >= 0.6 is 0 Å². The van der Waals surface area contributed by atoms with E-state index in [1.807, 2.05) is 7.11 Å². The maximum absolute atomic E-state index is 5.29. The molecule has 1 saturated heterocycles. The van der Waals surface area contributed by atoms with Gasteiger partial charge in [0.05, 0.1) is 6.10 Å². The van der Waals surface area contributed by atoms with E-state index in [1.54, 1.807) is 0 Å². The van der Waals surface area contributed by atoms with E-state index in [0.29, 0.717) is 6.10 Å². The van der Waals surface area contributed by atoms with Crippen LogP contribution < -0.4 is 0 Å². The molecule has 76 valence electrons. The number of ether oxygens (including phenoxy) is 1. The lowest BCUT2D eigenvalue weighted by Gasteiger charge is -2.45. The molecular weight excluding hydrogens is 162 g/mol. The van der Waals surface area contributed by atoms with Gasteiger partial charge in [0.25, 0.3) is 0 Å². The van der Waals surface area contributed by atoms with Crippen LogP contribution in [0.3, 0.4) is 0 Å². The first kappa shape index (κ1) is 9.47. The van der Waals surface area contributed by atoms with Crippen LogP contribution in [0.5, 0.6) is 0 Å². The van der Waals surface area contributed by atoms with E-state index >= 15 is 0 Å². The van der Waals surface area contributed by atoms with Crippen molar-refractivity contribution in [3.05, 3.63) is 0 Å². The van der Waals surface area contributed by atoms with Crippen LogP contribution in [-0.2, 0) is 4.74 Å². The minimum atomic E-state index is 0.527. The first-order chi connectivity index (χ1) is 6.29. The average molecular weight is 183 g/mol. The molecule has 0 aromatic carbocycles. The Balaban J connectivity index is 1.71. The van der Waals surface area contributed by atoms with Crippen LogP contribution in [-0.4, -0.2) is 37.2 Å². The standard InChI is InChI=1S/C11H21NO/c1-9-3-5-10(6-4-9)12-7-11(8-12)13-2/h9-11H,3-8H2,1-2H3/t9-,10+. The van der Waals surface area contributed by atoms with Crippen molar-refractivity contribution in [1.29, 1.82) is 0 Å². The van der Waals surface area contributed by atoms with E-state index in [0.717, 1.165) is 12.0 Å². The van der Waals surface area contributed by atoms with Crippen LogP contribution in [0.1, 0.15) is 32.6 Å². The quantitative estimate of drug-likeness (QED) is 0.648. The summed E-state index contributed by atoms with van der Waals surface area (Å²) in [7, 11) is 1.82. The van der Waals surface area contributed by atoms with Crippen LogP contribution in [0.25, 0.3) is 0 Å². The Morgan fingerprint density at radius 2 is 1.69 bits per heavy atom. The lowest BCUT2D eigenvalue weighted by Crippen LogP contribution is -2.56. The molecule has 0 radical (unpaired) electrons. The lowest BCUT2D eigenvalue weighted by molar-refractivity contribution is -0.0591. The van der Waals surface area contributed by atoms with Crippen molar-refractivity contribution in [2.75, 3.05) is 20.2 Å². The maximum Gasteiger partial charge on any atom is 0.0825 e. The van der Waals surface area contributed by atoms with Gasteiger partial charge in [0.2, 0.25) is 0 Å². The molecule has 2 aliphatic rings. The normalized spacial score (nSPS) is 37.4. The van der Waals surface area contributed by atoms with E-state index in [9.17, 15) is 0 Å². The van der Waals surface area contributed by atoms with Crippen molar-refractivity contribution in [1.82, 2.24) is 4.90 Å². The van der Waals surface area contributed by atoms with Crippen molar-refractivity contribution in [2.24, 2.45) is 5.92 Å². The van der Waals surface area contributed by atoms with Crippen molar-refractivity contribution in [2.45, 2.75) is 44.8 Å². The van der Waals surface area contributed by atoms with Crippen molar-refractivity contribution >= 4 is 0 Å². The third-order valence-electron chi connectivity index (χ3n) is 3.71. The molecular formula is C11H21NO. The minimum Gasteiger partial charge on any atom is -0.379 e. The third kappa shape index (κ3) is 2.05. The van der Waals surface area contributed by atoms with E-state index in [-0.39, 0.29) is 0 Å². The Morgan fingerprint density at radius 1 is 1.08 bits per heavy atom. The molecule has 1 saturated carbocycles. The molecule has 2 rings (SSSR count). The molecule has 2 nitrogen and oxygen atoms in total. The van der Waals surface area contributed by atoms with Crippen molar-refractivity contribution in [3.8, 4) is 0 Å². The number of methoxy groups -OCH3 is 1. The molecule has 0 spiro atoms. The fourth-order valence-electron chi connectivity index (χ4n) is 2.52. The maximum atomic E-state index is 5.29. The van der Waals surface area contributed by atoms with E-state index in [2.05, 4.69) is 11.8 Å². The molecule has 0 unspecified atom stereocenters. The van der Waals surface area contributed by atoms with E-state index in [1.165, 1.54) is 38.8 Å². The summed E-state index contributed by atoms with van der Waals surface area (Å²) in [4.78, 5) is 2.60. The smallest absolute Gasteiger partial charge is 0.0825 e. The third-order valence-corrected chi connectivity index (χ3v) is 3.71. The number of likely N-dealkylation sites (tertiary alicyclic amines) is 1. The highest BCUT2D eigenvalue weighted by molar-refractivity contribution is 4.88. The first-order valence-electron chi connectivity index (χ1n) is 5.56. The Bertz CT molecular complexity index is 157. The van der Waals surface area contributed by atoms with Crippen LogP contribution in [0.2, 0.25) is 0 Å². The van der Waals surface area contributed by atoms with Crippen molar-refractivity contribution < 1.29 is 4.74 Å². The molecule has 0 amide bonds. The van der Waals surface area contributed by atoms with Gasteiger partial charge in [-0.2, -0.15) is 0 Å². The van der Waals surface area contributed by atoms with Gasteiger partial charge in [0.15, 0.2) is 0 Å². The predicted molar refractivity (Wildman–Crippen MR) is 53.8 cm³/mol. The zero-order valence-electron chi connectivity index (χ0n) is 8.83. The molecule has 1 heterocycles. The summed E-state index contributed by atoms with van der Waals surface area (Å²) in [6.07, 6.45) is 6.21. The molecule has 0 aromatic heterocycles. The van der Waals surface area contributed by atoms with Gasteiger partial charge in [-0.1, -0.05) is 6.92 Å². The fourth-order valence-corrected chi connectivity index (χ4v) is 2.52. The van der Waals surface area contributed by atoms with E-state index in [4.69, 9.17) is 4.74 Å². The van der Waals surface area contributed by atoms with Gasteiger partial charge in [-0.05, 0) is 31.6 Å². The molecule has 0 bridgehead atoms. The molecule has 2 heteroatoms. The van der Waals surface area contributed by atoms with E-state index < -0.39 is 0 Å². The summed E-state index contributed by atoms with van der Waals surface area (Å²) < 4.78 is 5.29. The molecule has 0 aromatic rings. The van der Waals surface area contributed by atoms with Crippen LogP contribution in [0.15, 0.2) is 0 Å². The molecule has 13 heavy (non-hydrogen) atoms. The van der Waals surface area contributed by atoms with Gasteiger partial charge < -0.3 is 4.74 Å². The first-order valence-corrected chi connectivity index (χ1v) is 5.56. The van der Waals surface area contributed by atoms with Gasteiger partial charge in [0.1, 0.15) is 0 Å². The fraction of sp³-hybridized carbons (Fsp3) is 1.00. The second-order valence-corrected chi connectivity index (χ2v) is 4.73. The van der Waals surface area contributed by atoms with Gasteiger partial charge in [-0.15, -0.1) is 0 Å². The summed E-state index contributed by atoms with van der Waals surface area (Å²) in [5.41, 5.74) is 0. The number of rotatable bonds is 2. The Morgan fingerprint density at radius 3 is 2.23 bits per heavy atom.